The lowest BCUT2D eigenvalue weighted by Gasteiger charge is -2.12. The normalized spacial score (nSPS) is 12.1. The van der Waals surface area contributed by atoms with Gasteiger partial charge in [-0.25, -0.2) is 0 Å². The third kappa shape index (κ3) is 3.42. The zero-order valence-electron chi connectivity index (χ0n) is 11.7. The number of benzene rings is 1. The fourth-order valence-corrected chi connectivity index (χ4v) is 1.87. The van der Waals surface area contributed by atoms with Crippen LogP contribution in [0.2, 0.25) is 0 Å². The number of H-pyrrole nitrogens is 1. The largest absolute Gasteiger partial charge is 0.355 e. The number of likely N-dealkylation sites (N-methyl/N-ethyl adjacent to an activating group) is 1. The predicted octanol–water partition coefficient (Wildman–Crippen LogP) is 1.09. The van der Waals surface area contributed by atoms with Gasteiger partial charge in [0.1, 0.15) is 11.4 Å². The molecule has 1 atom stereocenters. The molecule has 2 rings (SSSR count). The number of aromatic nitrogens is 3. The molecule has 0 saturated carbocycles. The maximum absolute atomic E-state index is 11.6. The molecule has 0 aliphatic heterocycles. The van der Waals surface area contributed by atoms with Crippen LogP contribution >= 0.6 is 0 Å². The van der Waals surface area contributed by atoms with Crippen LogP contribution in [0, 0.1) is 0 Å². The molecule has 1 unspecified atom stereocenters. The third-order valence-corrected chi connectivity index (χ3v) is 2.99. The molecule has 1 aromatic heterocycles. The Morgan fingerprint density at radius 2 is 2.05 bits per heavy atom. The van der Waals surface area contributed by atoms with E-state index in [2.05, 4.69) is 26.0 Å². The first-order valence-corrected chi connectivity index (χ1v) is 6.68. The fourth-order valence-electron chi connectivity index (χ4n) is 1.87. The lowest BCUT2D eigenvalue weighted by molar-refractivity contribution is -0.122. The fraction of sp³-hybridized carbons (Fsp3) is 0.357. The van der Waals surface area contributed by atoms with Crippen molar-refractivity contribution in [2.24, 2.45) is 0 Å². The summed E-state index contributed by atoms with van der Waals surface area (Å²) in [6.07, 6.45) is 0. The summed E-state index contributed by atoms with van der Waals surface area (Å²) in [4.78, 5) is 11.6. The van der Waals surface area contributed by atoms with Crippen molar-refractivity contribution in [3.63, 3.8) is 0 Å². The van der Waals surface area contributed by atoms with Crippen LogP contribution in [-0.4, -0.2) is 33.9 Å². The first-order valence-electron chi connectivity index (χ1n) is 6.68. The number of nitrogens with one attached hydrogen (secondary N) is 3. The molecule has 0 aliphatic carbocycles. The summed E-state index contributed by atoms with van der Waals surface area (Å²) in [5, 5.41) is 16.9. The van der Waals surface area contributed by atoms with Crippen LogP contribution < -0.4 is 10.6 Å². The van der Waals surface area contributed by atoms with Gasteiger partial charge in [0.2, 0.25) is 5.91 Å². The van der Waals surface area contributed by atoms with Crippen molar-refractivity contribution in [1.82, 2.24) is 26.0 Å². The van der Waals surface area contributed by atoms with Crippen molar-refractivity contribution < 1.29 is 4.79 Å². The minimum Gasteiger partial charge on any atom is -0.355 e. The molecule has 6 nitrogen and oxygen atoms in total. The molecule has 1 aromatic carbocycles. The van der Waals surface area contributed by atoms with Gasteiger partial charge in [0.15, 0.2) is 0 Å². The molecular weight excluding hydrogens is 254 g/mol. The third-order valence-electron chi connectivity index (χ3n) is 2.99. The monoisotopic (exact) mass is 273 g/mol. The van der Waals surface area contributed by atoms with E-state index in [1.165, 1.54) is 0 Å². The van der Waals surface area contributed by atoms with Gasteiger partial charge in [0, 0.05) is 18.7 Å². The second-order valence-electron chi connectivity index (χ2n) is 4.48. The molecule has 6 heteroatoms. The maximum atomic E-state index is 11.6. The number of nitrogens with zero attached hydrogens (tertiary/aromatic N) is 2. The van der Waals surface area contributed by atoms with Crippen LogP contribution in [0.25, 0.3) is 11.3 Å². The van der Waals surface area contributed by atoms with Crippen LogP contribution in [0.1, 0.15) is 19.5 Å². The molecule has 0 bridgehead atoms. The van der Waals surface area contributed by atoms with E-state index in [1.54, 1.807) is 0 Å². The molecule has 0 aliphatic rings. The zero-order valence-corrected chi connectivity index (χ0v) is 11.7. The summed E-state index contributed by atoms with van der Waals surface area (Å²) >= 11 is 0. The Morgan fingerprint density at radius 3 is 2.75 bits per heavy atom. The molecule has 1 amide bonds. The quantitative estimate of drug-likeness (QED) is 0.735. The number of amides is 1. The summed E-state index contributed by atoms with van der Waals surface area (Å²) in [6, 6.07) is 9.56. The summed E-state index contributed by atoms with van der Waals surface area (Å²) in [5.74, 6) is -0.0164. The average Bonchev–Trinajstić information content (AvgIpc) is 2.94. The summed E-state index contributed by atoms with van der Waals surface area (Å²) in [6.45, 7) is 4.84. The van der Waals surface area contributed by atoms with E-state index in [0.29, 0.717) is 13.1 Å². The van der Waals surface area contributed by atoms with E-state index in [1.807, 2.05) is 44.2 Å². The lowest BCUT2D eigenvalue weighted by atomic mass is 10.1. The molecule has 2 aromatic rings. The average molecular weight is 273 g/mol. The van der Waals surface area contributed by atoms with Crippen LogP contribution in [0.4, 0.5) is 0 Å². The second-order valence-corrected chi connectivity index (χ2v) is 4.48. The van der Waals surface area contributed by atoms with E-state index >= 15 is 0 Å². The van der Waals surface area contributed by atoms with E-state index < -0.39 is 0 Å². The van der Waals surface area contributed by atoms with E-state index in [0.717, 1.165) is 17.0 Å². The van der Waals surface area contributed by atoms with Gasteiger partial charge in [-0.3, -0.25) is 4.79 Å². The molecule has 0 spiro atoms. The Balaban J connectivity index is 2.01. The highest BCUT2D eigenvalue weighted by atomic mass is 16.2. The SMILES string of the molecule is CCNC(=O)C(C)NCc1n[nH]nc1-c1ccccc1. The van der Waals surface area contributed by atoms with Crippen LogP contribution in [0.5, 0.6) is 0 Å². The van der Waals surface area contributed by atoms with Crippen molar-refractivity contribution in [3.05, 3.63) is 36.0 Å². The van der Waals surface area contributed by atoms with E-state index in [9.17, 15) is 4.79 Å². The van der Waals surface area contributed by atoms with Gasteiger partial charge in [0.05, 0.1) is 6.04 Å². The Hall–Kier alpha value is -2.21. The smallest absolute Gasteiger partial charge is 0.236 e. The highest BCUT2D eigenvalue weighted by molar-refractivity contribution is 5.81. The van der Waals surface area contributed by atoms with Crippen molar-refractivity contribution in [2.45, 2.75) is 26.4 Å². The molecular formula is C14H19N5O. The van der Waals surface area contributed by atoms with Gasteiger partial charge in [0.25, 0.3) is 0 Å². The number of hydrogen-bond donors (Lipinski definition) is 3. The van der Waals surface area contributed by atoms with Crippen LogP contribution in [-0.2, 0) is 11.3 Å². The van der Waals surface area contributed by atoms with Gasteiger partial charge in [-0.2, -0.15) is 15.4 Å². The first kappa shape index (κ1) is 14.2. The number of carbonyl (C=O) groups excluding carboxylic acids is 1. The van der Waals surface area contributed by atoms with Gasteiger partial charge in [-0.1, -0.05) is 30.3 Å². The van der Waals surface area contributed by atoms with Crippen molar-refractivity contribution >= 4 is 5.91 Å². The highest BCUT2D eigenvalue weighted by Crippen LogP contribution is 2.18. The molecule has 1 heterocycles. The number of hydrogen-bond acceptors (Lipinski definition) is 4. The second kappa shape index (κ2) is 6.81. The summed E-state index contributed by atoms with van der Waals surface area (Å²) in [7, 11) is 0. The summed E-state index contributed by atoms with van der Waals surface area (Å²) < 4.78 is 0. The lowest BCUT2D eigenvalue weighted by Crippen LogP contribution is -2.41. The van der Waals surface area contributed by atoms with Crippen molar-refractivity contribution in [2.75, 3.05) is 6.54 Å². The van der Waals surface area contributed by atoms with Gasteiger partial charge >= 0.3 is 0 Å². The molecule has 3 N–H and O–H groups in total. The minimum atomic E-state index is -0.268. The minimum absolute atomic E-state index is 0.0164. The Labute approximate surface area is 118 Å². The highest BCUT2D eigenvalue weighted by Gasteiger charge is 2.14. The van der Waals surface area contributed by atoms with E-state index in [-0.39, 0.29) is 11.9 Å². The van der Waals surface area contributed by atoms with Gasteiger partial charge in [-0.15, -0.1) is 0 Å². The van der Waals surface area contributed by atoms with Gasteiger partial charge < -0.3 is 10.6 Å². The Bertz CT molecular complexity index is 552. The van der Waals surface area contributed by atoms with Crippen molar-refractivity contribution in [3.8, 4) is 11.3 Å². The number of rotatable bonds is 6. The molecule has 0 radical (unpaired) electrons. The summed E-state index contributed by atoms with van der Waals surface area (Å²) in [5.41, 5.74) is 2.61. The Morgan fingerprint density at radius 1 is 1.30 bits per heavy atom. The maximum Gasteiger partial charge on any atom is 0.236 e. The molecule has 0 saturated heterocycles. The van der Waals surface area contributed by atoms with Crippen molar-refractivity contribution in [1.29, 1.82) is 0 Å². The van der Waals surface area contributed by atoms with Gasteiger partial charge in [-0.05, 0) is 13.8 Å². The van der Waals surface area contributed by atoms with E-state index in [4.69, 9.17) is 0 Å². The standard InChI is InChI=1S/C14H19N5O/c1-3-15-14(20)10(2)16-9-12-13(18-19-17-12)11-7-5-4-6-8-11/h4-8,10,16H,3,9H2,1-2H3,(H,15,20)(H,17,18,19). The molecule has 106 valence electrons. The Kier molecular flexibility index (Phi) is 4.84. The predicted molar refractivity (Wildman–Crippen MR) is 76.8 cm³/mol. The topological polar surface area (TPSA) is 82.7 Å². The van der Waals surface area contributed by atoms with Crippen LogP contribution in [0.3, 0.4) is 0 Å². The van der Waals surface area contributed by atoms with Crippen LogP contribution in [0.15, 0.2) is 30.3 Å². The number of aromatic amines is 1. The zero-order chi connectivity index (χ0) is 14.4. The molecule has 20 heavy (non-hydrogen) atoms. The number of carbonyl (C=O) groups is 1. The first-order chi connectivity index (χ1) is 9.72. The molecule has 0 fully saturated rings.